The lowest BCUT2D eigenvalue weighted by molar-refractivity contribution is -0.137. The van der Waals surface area contributed by atoms with Crippen molar-refractivity contribution in [2.75, 3.05) is 62.3 Å². The number of nitrogens with two attached hydrogens (primary N) is 1. The van der Waals surface area contributed by atoms with Gasteiger partial charge in [0.2, 0.25) is 11.9 Å². The second-order valence-corrected chi connectivity index (χ2v) is 12.6. The molecule has 3 aromatic rings. The van der Waals surface area contributed by atoms with Gasteiger partial charge in [-0.15, -0.1) is 0 Å². The van der Waals surface area contributed by atoms with E-state index in [-0.39, 0.29) is 23.7 Å². The highest BCUT2D eigenvalue weighted by Gasteiger charge is 2.33. The zero-order valence-electron chi connectivity index (χ0n) is 27.0. The molecule has 6 rings (SSSR count). The molecule has 1 saturated carbocycles. The number of nitrogen functional groups attached to an aromatic ring is 1. The lowest BCUT2D eigenvalue weighted by Crippen LogP contribution is -2.50. The highest BCUT2D eigenvalue weighted by Crippen LogP contribution is 2.33. The molecular weight excluding hydrogens is 582 g/mol. The highest BCUT2D eigenvalue weighted by atomic mass is 16.5. The number of nitrogens with one attached hydrogen (secondary N) is 1. The van der Waals surface area contributed by atoms with Crippen LogP contribution < -0.4 is 20.7 Å². The largest absolute Gasteiger partial charge is 0.496 e. The van der Waals surface area contributed by atoms with Gasteiger partial charge in [-0.2, -0.15) is 10.1 Å². The third-order valence-corrected chi connectivity index (χ3v) is 9.48. The number of amides is 2. The zero-order chi connectivity index (χ0) is 32.2. The normalized spacial score (nSPS) is 20.2. The summed E-state index contributed by atoms with van der Waals surface area (Å²) in [5, 5.41) is 8.10. The van der Waals surface area contributed by atoms with Crippen molar-refractivity contribution < 1.29 is 14.3 Å². The fourth-order valence-corrected chi connectivity index (χ4v) is 6.79. The molecule has 3 aliphatic rings. The second-order valence-electron chi connectivity index (χ2n) is 12.6. The first kappa shape index (κ1) is 31.4. The molecule has 2 amide bonds. The molecule has 244 valence electrons. The van der Waals surface area contributed by atoms with Crippen LogP contribution >= 0.6 is 0 Å². The molecule has 2 aliphatic heterocycles. The monoisotopic (exact) mass is 627 g/mol. The van der Waals surface area contributed by atoms with Crippen molar-refractivity contribution >= 4 is 40.3 Å². The Labute approximate surface area is 270 Å². The standard InChI is InChI=1S/C34H45N9O3/c1-4-5-14-36-32-31-28(37-34(35)38-32)22-42(39-31)21-26-11-12-27(19-29(26)46-3)40-15-17-41(18-16-40)33(45)25-9-7-24(8-10-25)20-43-23(2)6-13-30(43)44/h6,11-13,19,22,24-25H,2,4-5,7-10,14-18,20-21H2,1,3H3,(H3,35,36,37,38). The molecule has 0 unspecified atom stereocenters. The van der Waals surface area contributed by atoms with E-state index in [0.29, 0.717) is 48.9 Å². The number of hydrogen-bond acceptors (Lipinski definition) is 9. The molecule has 4 heterocycles. The predicted octanol–water partition coefficient (Wildman–Crippen LogP) is 4.04. The number of ether oxygens (including phenoxy) is 1. The van der Waals surface area contributed by atoms with E-state index in [2.05, 4.69) is 51.9 Å². The van der Waals surface area contributed by atoms with E-state index < -0.39 is 0 Å². The van der Waals surface area contributed by atoms with Crippen LogP contribution in [0.3, 0.4) is 0 Å². The summed E-state index contributed by atoms with van der Waals surface area (Å²) in [7, 11) is 1.69. The minimum absolute atomic E-state index is 0.0191. The summed E-state index contributed by atoms with van der Waals surface area (Å²) >= 11 is 0. The minimum Gasteiger partial charge on any atom is -0.496 e. The second kappa shape index (κ2) is 13.8. The predicted molar refractivity (Wildman–Crippen MR) is 179 cm³/mol. The molecule has 1 saturated heterocycles. The number of methoxy groups -OCH3 is 1. The smallest absolute Gasteiger partial charge is 0.251 e. The van der Waals surface area contributed by atoms with Crippen LogP contribution in [0.15, 0.2) is 48.8 Å². The fraction of sp³-hybridized carbons (Fsp3) is 0.500. The molecule has 2 aromatic heterocycles. The summed E-state index contributed by atoms with van der Waals surface area (Å²) in [6, 6.07) is 6.27. The Balaban J connectivity index is 1.03. The zero-order valence-corrected chi connectivity index (χ0v) is 27.0. The summed E-state index contributed by atoms with van der Waals surface area (Å²) in [6.45, 7) is 11.1. The van der Waals surface area contributed by atoms with Gasteiger partial charge in [-0.3, -0.25) is 14.3 Å². The maximum absolute atomic E-state index is 13.4. The van der Waals surface area contributed by atoms with Crippen LogP contribution in [-0.2, 0) is 16.1 Å². The lowest BCUT2D eigenvalue weighted by atomic mass is 9.81. The third-order valence-electron chi connectivity index (χ3n) is 9.48. The number of carbonyl (C=O) groups excluding carboxylic acids is 2. The Kier molecular flexibility index (Phi) is 9.41. The molecule has 12 nitrogen and oxygen atoms in total. The Morgan fingerprint density at radius 1 is 1.11 bits per heavy atom. The maximum atomic E-state index is 13.4. The summed E-state index contributed by atoms with van der Waals surface area (Å²) in [6.07, 6.45) is 11.0. The van der Waals surface area contributed by atoms with Crippen molar-refractivity contribution in [3.8, 4) is 5.75 Å². The van der Waals surface area contributed by atoms with Crippen LogP contribution in [0.4, 0.5) is 17.5 Å². The molecule has 12 heteroatoms. The van der Waals surface area contributed by atoms with Gasteiger partial charge in [-0.1, -0.05) is 26.0 Å². The van der Waals surface area contributed by atoms with Gasteiger partial charge in [0.15, 0.2) is 11.3 Å². The summed E-state index contributed by atoms with van der Waals surface area (Å²) in [5.74, 6) is 2.45. The van der Waals surface area contributed by atoms with Gasteiger partial charge in [0.05, 0.1) is 19.9 Å². The van der Waals surface area contributed by atoms with Crippen LogP contribution in [0.2, 0.25) is 0 Å². The van der Waals surface area contributed by atoms with Gasteiger partial charge in [-0.05, 0) is 50.2 Å². The summed E-state index contributed by atoms with van der Waals surface area (Å²) < 4.78 is 7.66. The number of hydrogen-bond donors (Lipinski definition) is 2. The highest BCUT2D eigenvalue weighted by molar-refractivity contribution is 5.93. The van der Waals surface area contributed by atoms with Crippen molar-refractivity contribution in [3.63, 3.8) is 0 Å². The number of carbonyl (C=O) groups is 2. The van der Waals surface area contributed by atoms with Gasteiger partial charge in [0, 0.05) is 74.3 Å². The molecule has 0 spiro atoms. The fourth-order valence-electron chi connectivity index (χ4n) is 6.79. The van der Waals surface area contributed by atoms with Crippen LogP contribution in [0.25, 0.3) is 11.0 Å². The topological polar surface area (TPSA) is 135 Å². The molecule has 0 bridgehead atoms. The van der Waals surface area contributed by atoms with Gasteiger partial charge in [0.25, 0.3) is 5.91 Å². The number of allylic oxidation sites excluding steroid dienone is 1. The first-order valence-corrected chi connectivity index (χ1v) is 16.5. The first-order valence-electron chi connectivity index (χ1n) is 16.5. The Morgan fingerprint density at radius 2 is 1.89 bits per heavy atom. The van der Waals surface area contributed by atoms with Crippen LogP contribution in [0.5, 0.6) is 5.75 Å². The average molecular weight is 628 g/mol. The number of rotatable bonds is 11. The van der Waals surface area contributed by atoms with E-state index in [4.69, 9.17) is 15.6 Å². The van der Waals surface area contributed by atoms with E-state index in [0.717, 1.165) is 80.9 Å². The number of unbranched alkanes of at least 4 members (excludes halogenated alkanes) is 1. The van der Waals surface area contributed by atoms with Gasteiger partial charge in [0.1, 0.15) is 11.3 Å². The number of piperazine rings is 1. The molecule has 0 atom stereocenters. The van der Waals surface area contributed by atoms with Gasteiger partial charge in [-0.25, -0.2) is 4.98 Å². The molecule has 46 heavy (non-hydrogen) atoms. The van der Waals surface area contributed by atoms with Crippen molar-refractivity contribution in [1.82, 2.24) is 29.5 Å². The maximum Gasteiger partial charge on any atom is 0.251 e. The van der Waals surface area contributed by atoms with Gasteiger partial charge >= 0.3 is 0 Å². The minimum atomic E-state index is 0.0191. The molecule has 0 radical (unpaired) electrons. The Morgan fingerprint density at radius 3 is 2.59 bits per heavy atom. The van der Waals surface area contributed by atoms with E-state index in [1.807, 2.05) is 15.8 Å². The number of nitrogens with zero attached hydrogens (tertiary/aromatic N) is 7. The van der Waals surface area contributed by atoms with Crippen molar-refractivity contribution in [2.24, 2.45) is 11.8 Å². The number of benzene rings is 1. The number of fused-ring (bicyclic) bond motifs is 1. The van der Waals surface area contributed by atoms with Crippen molar-refractivity contribution in [2.45, 2.75) is 52.0 Å². The molecule has 3 N–H and O–H groups in total. The number of anilines is 3. The molecular formula is C34H45N9O3. The Bertz CT molecular complexity index is 1600. The molecule has 1 aromatic carbocycles. The molecule has 1 aliphatic carbocycles. The van der Waals surface area contributed by atoms with Crippen LogP contribution in [0.1, 0.15) is 51.0 Å². The summed E-state index contributed by atoms with van der Waals surface area (Å²) in [5.41, 5.74) is 10.2. The van der Waals surface area contributed by atoms with Crippen LogP contribution in [0, 0.1) is 11.8 Å². The quantitative estimate of drug-likeness (QED) is 0.302. The first-order chi connectivity index (χ1) is 22.3. The molecule has 2 fully saturated rings. The van der Waals surface area contributed by atoms with Gasteiger partial charge < -0.3 is 30.5 Å². The van der Waals surface area contributed by atoms with E-state index >= 15 is 0 Å². The number of aromatic nitrogens is 4. The van der Waals surface area contributed by atoms with Crippen molar-refractivity contribution in [1.29, 1.82) is 0 Å². The third kappa shape index (κ3) is 6.80. The van der Waals surface area contributed by atoms with Crippen molar-refractivity contribution in [3.05, 3.63) is 54.4 Å². The van der Waals surface area contributed by atoms with E-state index in [1.54, 1.807) is 24.2 Å². The summed E-state index contributed by atoms with van der Waals surface area (Å²) in [4.78, 5) is 40.3. The SMILES string of the molecule is C=C1C=CC(=O)N1CC1CCC(C(=O)N2CCN(c3ccc(Cn4cc5nc(N)nc(NCCCC)c5n4)c(OC)c3)CC2)CC1. The van der Waals surface area contributed by atoms with E-state index in [1.165, 1.54) is 0 Å². The van der Waals surface area contributed by atoms with Crippen LogP contribution in [-0.4, -0.2) is 87.7 Å². The van der Waals surface area contributed by atoms with E-state index in [9.17, 15) is 9.59 Å². The average Bonchev–Trinajstić information content (AvgIpc) is 3.62. The lowest BCUT2D eigenvalue weighted by Gasteiger charge is -2.39. The Hall–Kier alpha value is -4.61.